The second kappa shape index (κ2) is 4.56. The lowest BCUT2D eigenvalue weighted by Gasteiger charge is -2.26. The monoisotopic (exact) mass is 290 g/mol. The van der Waals surface area contributed by atoms with Crippen molar-refractivity contribution in [1.29, 1.82) is 0 Å². The van der Waals surface area contributed by atoms with E-state index in [1.807, 2.05) is 0 Å². The second-order valence-electron chi connectivity index (χ2n) is 5.18. The molecule has 110 valence electrons. The maximum atomic E-state index is 12.3. The van der Waals surface area contributed by atoms with Gasteiger partial charge in [0.2, 0.25) is 0 Å². The molecule has 2 aliphatic carbocycles. The molecule has 0 aliphatic heterocycles. The number of alkyl halides is 6. The zero-order chi connectivity index (χ0) is 14.4. The van der Waals surface area contributed by atoms with Crippen LogP contribution in [0.25, 0.3) is 0 Å². The lowest BCUT2D eigenvalue weighted by molar-refractivity contribution is -0.314. The third-order valence-corrected chi connectivity index (χ3v) is 3.87. The number of carbonyl (C=O) groups is 1. The smallest absolute Gasteiger partial charge is 0.434 e. The van der Waals surface area contributed by atoms with Crippen LogP contribution in [-0.2, 0) is 9.53 Å². The van der Waals surface area contributed by atoms with Crippen LogP contribution >= 0.6 is 0 Å². The molecule has 0 heterocycles. The molecule has 8 heteroatoms. The normalized spacial score (nSPS) is 31.0. The van der Waals surface area contributed by atoms with Crippen LogP contribution in [0.1, 0.15) is 25.7 Å². The van der Waals surface area contributed by atoms with Gasteiger partial charge in [0.1, 0.15) is 0 Å². The lowest BCUT2D eigenvalue weighted by atomic mass is 9.89. The maximum absolute atomic E-state index is 12.3. The molecule has 2 rings (SSSR count). The second-order valence-corrected chi connectivity index (χ2v) is 5.18. The molecule has 2 bridgehead atoms. The van der Waals surface area contributed by atoms with E-state index in [1.165, 1.54) is 0 Å². The largest absolute Gasteiger partial charge is 0.443 e. The van der Waals surface area contributed by atoms with Crippen LogP contribution in [0, 0.1) is 17.8 Å². The zero-order valence-corrected chi connectivity index (χ0v) is 9.72. The average molecular weight is 290 g/mol. The van der Waals surface area contributed by atoms with Gasteiger partial charge in [-0.05, 0) is 31.1 Å². The summed E-state index contributed by atoms with van der Waals surface area (Å²) in [5, 5.41) is 0. The summed E-state index contributed by atoms with van der Waals surface area (Å²) in [5.74, 6) is -2.07. The first kappa shape index (κ1) is 14.5. The molecule has 0 aromatic heterocycles. The number of fused-ring (bicyclic) bond motifs is 2. The lowest BCUT2D eigenvalue weighted by Crippen LogP contribution is -2.46. The summed E-state index contributed by atoms with van der Waals surface area (Å²) >= 11 is 0. The third-order valence-electron chi connectivity index (χ3n) is 3.87. The van der Waals surface area contributed by atoms with Crippen LogP contribution < -0.4 is 0 Å². The predicted molar refractivity (Wildman–Crippen MR) is 50.9 cm³/mol. The van der Waals surface area contributed by atoms with Crippen LogP contribution in [0.5, 0.6) is 0 Å². The fraction of sp³-hybridized carbons (Fsp3) is 0.909. The number of carbonyl (C=O) groups excluding carboxylic acids is 1. The molecule has 3 unspecified atom stereocenters. The van der Waals surface area contributed by atoms with Crippen LogP contribution in [-0.4, -0.2) is 24.4 Å². The topological polar surface area (TPSA) is 26.3 Å². The van der Waals surface area contributed by atoms with Gasteiger partial charge >= 0.3 is 18.3 Å². The Morgan fingerprint density at radius 3 is 1.95 bits per heavy atom. The summed E-state index contributed by atoms with van der Waals surface area (Å²) in [6, 6.07) is 0. The van der Waals surface area contributed by atoms with Gasteiger partial charge in [0, 0.05) is 0 Å². The molecule has 0 aromatic carbocycles. The van der Waals surface area contributed by atoms with Gasteiger partial charge in [-0.25, -0.2) is 0 Å². The van der Waals surface area contributed by atoms with Crippen molar-refractivity contribution in [2.75, 3.05) is 0 Å². The molecule has 19 heavy (non-hydrogen) atoms. The highest BCUT2D eigenvalue weighted by Gasteiger charge is 2.60. The molecule has 3 atom stereocenters. The van der Waals surface area contributed by atoms with Crippen molar-refractivity contribution in [3.05, 3.63) is 0 Å². The van der Waals surface area contributed by atoms with Crippen molar-refractivity contribution in [2.24, 2.45) is 17.8 Å². The summed E-state index contributed by atoms with van der Waals surface area (Å²) in [4.78, 5) is 11.5. The van der Waals surface area contributed by atoms with Crippen molar-refractivity contribution in [3.63, 3.8) is 0 Å². The molecule has 0 amide bonds. The summed E-state index contributed by atoms with van der Waals surface area (Å²) in [5.41, 5.74) is 0. The molecule has 2 nitrogen and oxygen atoms in total. The highest BCUT2D eigenvalue weighted by atomic mass is 19.4. The van der Waals surface area contributed by atoms with Gasteiger partial charge in [-0.2, -0.15) is 26.3 Å². The van der Waals surface area contributed by atoms with Crippen LogP contribution in [0.15, 0.2) is 0 Å². The van der Waals surface area contributed by atoms with Gasteiger partial charge in [0.15, 0.2) is 0 Å². The summed E-state index contributed by atoms with van der Waals surface area (Å²) in [6.07, 6.45) is -12.7. The van der Waals surface area contributed by atoms with E-state index in [0.717, 1.165) is 6.42 Å². The molecule has 0 radical (unpaired) electrons. The number of ether oxygens (including phenoxy) is 1. The Morgan fingerprint density at radius 2 is 1.58 bits per heavy atom. The van der Waals surface area contributed by atoms with Crippen LogP contribution in [0.3, 0.4) is 0 Å². The molecule has 0 N–H and O–H groups in total. The minimum atomic E-state index is -5.63. The standard InChI is InChI=1S/C11H12F6O2/c12-10(13,14)9(11(15,16)17)19-8(18)7-4-5-1-2-6(7)3-5/h5-7,9H,1-4H2. The first-order valence-corrected chi connectivity index (χ1v) is 5.93. The van der Waals surface area contributed by atoms with Gasteiger partial charge < -0.3 is 4.74 Å². The quantitative estimate of drug-likeness (QED) is 0.575. The van der Waals surface area contributed by atoms with Crippen molar-refractivity contribution in [3.8, 4) is 0 Å². The van der Waals surface area contributed by atoms with E-state index in [-0.39, 0.29) is 11.8 Å². The SMILES string of the molecule is O=C(OC(C(F)(F)F)C(F)(F)F)C1CC2CCC1C2. The Morgan fingerprint density at radius 1 is 1.00 bits per heavy atom. The Bertz CT molecular complexity index is 347. The van der Waals surface area contributed by atoms with Crippen LogP contribution in [0.2, 0.25) is 0 Å². The Labute approximate surface area is 105 Å². The summed E-state index contributed by atoms with van der Waals surface area (Å²) in [7, 11) is 0. The van der Waals surface area contributed by atoms with Crippen molar-refractivity contribution in [1.82, 2.24) is 0 Å². The van der Waals surface area contributed by atoms with Crippen molar-refractivity contribution in [2.45, 2.75) is 44.1 Å². The van der Waals surface area contributed by atoms with Gasteiger partial charge in [-0.15, -0.1) is 0 Å². The highest BCUT2D eigenvalue weighted by molar-refractivity contribution is 5.73. The fourth-order valence-electron chi connectivity index (χ4n) is 3.06. The molecule has 2 fully saturated rings. The van der Waals surface area contributed by atoms with E-state index in [1.54, 1.807) is 0 Å². The highest BCUT2D eigenvalue weighted by Crippen LogP contribution is 2.49. The summed E-state index contributed by atoms with van der Waals surface area (Å²) < 4.78 is 77.3. The van der Waals surface area contributed by atoms with Crippen molar-refractivity contribution >= 4 is 5.97 Å². The maximum Gasteiger partial charge on any atom is 0.434 e. The number of rotatable bonds is 2. The van der Waals surface area contributed by atoms with Gasteiger partial charge in [-0.1, -0.05) is 6.42 Å². The van der Waals surface area contributed by atoms with E-state index >= 15 is 0 Å². The van der Waals surface area contributed by atoms with E-state index < -0.39 is 30.3 Å². The Balaban J connectivity index is 2.04. The number of hydrogen-bond acceptors (Lipinski definition) is 2. The molecule has 0 aromatic rings. The van der Waals surface area contributed by atoms with E-state index in [2.05, 4.69) is 4.74 Å². The number of halogens is 6. The molecule has 2 saturated carbocycles. The minimum Gasteiger partial charge on any atom is -0.443 e. The van der Waals surface area contributed by atoms with E-state index in [9.17, 15) is 31.1 Å². The minimum absolute atomic E-state index is 0.125. The zero-order valence-electron chi connectivity index (χ0n) is 9.72. The van der Waals surface area contributed by atoms with Crippen LogP contribution in [0.4, 0.5) is 26.3 Å². The third kappa shape index (κ3) is 2.97. The number of esters is 1. The first-order valence-electron chi connectivity index (χ1n) is 5.93. The molecule has 0 spiro atoms. The first-order chi connectivity index (χ1) is 8.59. The molecular formula is C11H12F6O2. The number of hydrogen-bond donors (Lipinski definition) is 0. The Kier molecular flexibility index (Phi) is 3.47. The molecule has 0 saturated heterocycles. The molecular weight excluding hydrogens is 278 g/mol. The fourth-order valence-corrected chi connectivity index (χ4v) is 3.06. The summed E-state index contributed by atoms with van der Waals surface area (Å²) in [6.45, 7) is 0. The van der Waals surface area contributed by atoms with Crippen molar-refractivity contribution < 1.29 is 35.9 Å². The van der Waals surface area contributed by atoms with Gasteiger partial charge in [0.05, 0.1) is 5.92 Å². The predicted octanol–water partition coefficient (Wildman–Crippen LogP) is 3.46. The Hall–Kier alpha value is -0.950. The van der Waals surface area contributed by atoms with E-state index in [4.69, 9.17) is 0 Å². The average Bonchev–Trinajstić information content (AvgIpc) is 2.83. The molecule has 2 aliphatic rings. The van der Waals surface area contributed by atoms with E-state index in [0.29, 0.717) is 19.3 Å². The van der Waals surface area contributed by atoms with Gasteiger partial charge in [0.25, 0.3) is 6.10 Å². The van der Waals surface area contributed by atoms with Gasteiger partial charge in [-0.3, -0.25) is 4.79 Å².